The third-order valence-corrected chi connectivity index (χ3v) is 2.60. The predicted molar refractivity (Wildman–Crippen MR) is 66.3 cm³/mol. The number of rotatable bonds is 3. The zero-order valence-corrected chi connectivity index (χ0v) is 10.7. The second kappa shape index (κ2) is 5.50. The monoisotopic (exact) mass is 306 g/mol. The van der Waals surface area contributed by atoms with Gasteiger partial charge in [0.2, 0.25) is 0 Å². The third-order valence-electron chi connectivity index (χ3n) is 2.04. The molecule has 0 spiro atoms. The first kappa shape index (κ1) is 13.7. The topological polar surface area (TPSA) is 73.9 Å². The smallest absolute Gasteiger partial charge is 0.388 e. The molecule has 0 aliphatic rings. The summed E-state index contributed by atoms with van der Waals surface area (Å²) in [6, 6.07) is 3.07. The number of ether oxygens (including phenoxy) is 1. The van der Waals surface area contributed by atoms with E-state index in [1.165, 1.54) is 12.3 Å². The second-order valence-electron chi connectivity index (χ2n) is 3.29. The minimum Gasteiger partial charge on any atom is -0.414 e. The van der Waals surface area contributed by atoms with E-state index in [9.17, 15) is 8.78 Å². The highest BCUT2D eigenvalue weighted by molar-refractivity contribution is 6.32. The van der Waals surface area contributed by atoms with Crippen LogP contribution in [0.25, 0.3) is 11.4 Å². The molecule has 100 valence electrons. The SMILES string of the molecule is Nc1nc(-c2cnc(OC(F)F)c(Cl)n2)ccc1Cl. The van der Waals surface area contributed by atoms with Gasteiger partial charge in [-0.3, -0.25) is 0 Å². The molecule has 5 nitrogen and oxygen atoms in total. The zero-order chi connectivity index (χ0) is 14.0. The van der Waals surface area contributed by atoms with Gasteiger partial charge in [0, 0.05) is 0 Å². The van der Waals surface area contributed by atoms with E-state index in [0.29, 0.717) is 10.7 Å². The Morgan fingerprint density at radius 1 is 1.16 bits per heavy atom. The summed E-state index contributed by atoms with van der Waals surface area (Å²) in [4.78, 5) is 11.5. The molecule has 9 heteroatoms. The van der Waals surface area contributed by atoms with Gasteiger partial charge in [0.15, 0.2) is 5.15 Å². The van der Waals surface area contributed by atoms with Crippen molar-refractivity contribution in [3.8, 4) is 17.3 Å². The van der Waals surface area contributed by atoms with Crippen LogP contribution in [0.1, 0.15) is 0 Å². The first-order chi connectivity index (χ1) is 8.97. The summed E-state index contributed by atoms with van der Waals surface area (Å²) in [7, 11) is 0. The van der Waals surface area contributed by atoms with E-state index < -0.39 is 12.5 Å². The Kier molecular flexibility index (Phi) is 3.96. The van der Waals surface area contributed by atoms with E-state index in [1.807, 2.05) is 0 Å². The number of nitrogens with zero attached hydrogens (tertiary/aromatic N) is 3. The molecule has 0 fully saturated rings. The molecule has 0 bridgehead atoms. The van der Waals surface area contributed by atoms with E-state index in [0.717, 1.165) is 0 Å². The Morgan fingerprint density at radius 2 is 1.89 bits per heavy atom. The van der Waals surface area contributed by atoms with Gasteiger partial charge in [0.25, 0.3) is 5.88 Å². The largest absolute Gasteiger partial charge is 0.414 e. The molecule has 0 radical (unpaired) electrons. The summed E-state index contributed by atoms with van der Waals surface area (Å²) in [6.45, 7) is -3.03. The quantitative estimate of drug-likeness (QED) is 0.943. The Labute approximate surface area is 116 Å². The van der Waals surface area contributed by atoms with E-state index in [2.05, 4.69) is 19.7 Å². The fraction of sp³-hybridized carbons (Fsp3) is 0.100. The molecule has 0 aliphatic carbocycles. The Balaban J connectivity index is 2.36. The number of pyridine rings is 1. The predicted octanol–water partition coefficient (Wildman–Crippen LogP) is 3.03. The fourth-order valence-electron chi connectivity index (χ4n) is 1.24. The molecule has 2 aromatic rings. The lowest BCUT2D eigenvalue weighted by Gasteiger charge is -2.06. The van der Waals surface area contributed by atoms with Gasteiger partial charge in [-0.15, -0.1) is 0 Å². The molecular weight excluding hydrogens is 301 g/mol. The lowest BCUT2D eigenvalue weighted by atomic mass is 10.3. The molecule has 2 heterocycles. The van der Waals surface area contributed by atoms with Gasteiger partial charge in [-0.05, 0) is 12.1 Å². The van der Waals surface area contributed by atoms with Crippen molar-refractivity contribution in [1.29, 1.82) is 0 Å². The standard InChI is InChI=1S/C10H6Cl2F2N4O/c11-4-1-2-5(18-8(4)15)6-3-16-9(7(12)17-6)19-10(13)14/h1-3,10H,(H2,15,18). The van der Waals surface area contributed by atoms with Gasteiger partial charge in [0.05, 0.1) is 16.9 Å². The van der Waals surface area contributed by atoms with Gasteiger partial charge in [0.1, 0.15) is 11.5 Å². The summed E-state index contributed by atoms with van der Waals surface area (Å²) in [5, 5.41) is -0.00594. The number of halogens is 4. The number of anilines is 1. The molecule has 2 aromatic heterocycles. The molecular formula is C10H6Cl2F2N4O. The van der Waals surface area contributed by atoms with Crippen molar-refractivity contribution in [2.24, 2.45) is 0 Å². The van der Waals surface area contributed by atoms with E-state index in [-0.39, 0.29) is 16.7 Å². The third kappa shape index (κ3) is 3.18. The summed E-state index contributed by atoms with van der Waals surface area (Å²) < 4.78 is 28.1. The minimum atomic E-state index is -3.03. The molecule has 0 saturated heterocycles. The van der Waals surface area contributed by atoms with Crippen molar-refractivity contribution in [2.45, 2.75) is 6.61 Å². The number of hydrogen-bond donors (Lipinski definition) is 1. The maximum absolute atomic E-state index is 12.0. The van der Waals surface area contributed by atoms with Crippen LogP contribution in [0.2, 0.25) is 10.2 Å². The van der Waals surface area contributed by atoms with Crippen molar-refractivity contribution in [3.05, 3.63) is 28.5 Å². The van der Waals surface area contributed by atoms with Crippen LogP contribution in [0.15, 0.2) is 18.3 Å². The summed E-state index contributed by atoms with van der Waals surface area (Å²) in [5.74, 6) is -0.340. The Bertz CT molecular complexity index is 612. The number of hydrogen-bond acceptors (Lipinski definition) is 5. The zero-order valence-electron chi connectivity index (χ0n) is 9.15. The van der Waals surface area contributed by atoms with Crippen LogP contribution in [-0.4, -0.2) is 21.6 Å². The normalized spacial score (nSPS) is 10.8. The van der Waals surface area contributed by atoms with Crippen LogP contribution in [0.4, 0.5) is 14.6 Å². The summed E-state index contributed by atoms with van der Waals surface area (Å²) in [5.41, 5.74) is 6.16. The molecule has 19 heavy (non-hydrogen) atoms. The van der Waals surface area contributed by atoms with Crippen LogP contribution in [0.5, 0.6) is 5.88 Å². The maximum Gasteiger partial charge on any atom is 0.388 e. The molecule has 0 aliphatic heterocycles. The fourth-order valence-corrected chi connectivity index (χ4v) is 1.53. The van der Waals surface area contributed by atoms with Gasteiger partial charge in [-0.2, -0.15) is 8.78 Å². The van der Waals surface area contributed by atoms with E-state index in [4.69, 9.17) is 28.9 Å². The van der Waals surface area contributed by atoms with Gasteiger partial charge in [-0.25, -0.2) is 15.0 Å². The van der Waals surface area contributed by atoms with E-state index in [1.54, 1.807) is 6.07 Å². The first-order valence-electron chi connectivity index (χ1n) is 4.87. The molecule has 0 amide bonds. The Morgan fingerprint density at radius 3 is 2.47 bits per heavy atom. The average molecular weight is 307 g/mol. The lowest BCUT2D eigenvalue weighted by Crippen LogP contribution is -2.05. The number of nitrogen functional groups attached to an aromatic ring is 1. The second-order valence-corrected chi connectivity index (χ2v) is 4.06. The molecule has 0 unspecified atom stereocenters. The van der Waals surface area contributed by atoms with Crippen LogP contribution in [0.3, 0.4) is 0 Å². The van der Waals surface area contributed by atoms with Crippen LogP contribution in [0, 0.1) is 0 Å². The van der Waals surface area contributed by atoms with Gasteiger partial charge >= 0.3 is 6.61 Å². The molecule has 0 aromatic carbocycles. The summed E-state index contributed by atoms with van der Waals surface area (Å²) >= 11 is 11.4. The molecule has 0 saturated carbocycles. The van der Waals surface area contributed by atoms with Crippen molar-refractivity contribution in [2.75, 3.05) is 5.73 Å². The van der Waals surface area contributed by atoms with E-state index >= 15 is 0 Å². The van der Waals surface area contributed by atoms with Crippen molar-refractivity contribution in [1.82, 2.24) is 15.0 Å². The maximum atomic E-state index is 12.0. The molecule has 2 N–H and O–H groups in total. The molecule has 0 atom stereocenters. The van der Waals surface area contributed by atoms with Crippen LogP contribution in [-0.2, 0) is 0 Å². The highest BCUT2D eigenvalue weighted by atomic mass is 35.5. The Hall–Kier alpha value is -1.73. The average Bonchev–Trinajstić information content (AvgIpc) is 2.35. The lowest BCUT2D eigenvalue weighted by molar-refractivity contribution is -0.0530. The highest BCUT2D eigenvalue weighted by Gasteiger charge is 2.13. The van der Waals surface area contributed by atoms with Crippen LogP contribution < -0.4 is 10.5 Å². The van der Waals surface area contributed by atoms with Gasteiger partial charge in [-0.1, -0.05) is 23.2 Å². The first-order valence-corrected chi connectivity index (χ1v) is 5.62. The van der Waals surface area contributed by atoms with Gasteiger partial charge < -0.3 is 10.5 Å². The number of alkyl halides is 2. The van der Waals surface area contributed by atoms with Crippen molar-refractivity contribution < 1.29 is 13.5 Å². The number of nitrogens with two attached hydrogens (primary N) is 1. The number of aromatic nitrogens is 3. The molecule has 2 rings (SSSR count). The van der Waals surface area contributed by atoms with Crippen molar-refractivity contribution in [3.63, 3.8) is 0 Å². The van der Waals surface area contributed by atoms with Crippen LogP contribution >= 0.6 is 23.2 Å². The minimum absolute atomic E-state index is 0.116. The summed E-state index contributed by atoms with van der Waals surface area (Å²) in [6.07, 6.45) is 1.19. The van der Waals surface area contributed by atoms with Crippen molar-refractivity contribution >= 4 is 29.0 Å². The highest BCUT2D eigenvalue weighted by Crippen LogP contribution is 2.26.